The molecule has 0 aliphatic carbocycles. The van der Waals surface area contributed by atoms with E-state index in [4.69, 9.17) is 32.8 Å². The summed E-state index contributed by atoms with van der Waals surface area (Å²) >= 11 is 0. The zero-order chi connectivity index (χ0) is 39.3. The molecule has 9 unspecified atom stereocenters. The van der Waals surface area contributed by atoms with Crippen molar-refractivity contribution in [3.8, 4) is 40.1 Å². The van der Waals surface area contributed by atoms with Crippen LogP contribution < -0.4 is 10.2 Å². The number of hydrogen-bond donors (Lipinski definition) is 13. The van der Waals surface area contributed by atoms with Gasteiger partial charge in [0.1, 0.15) is 89.6 Å². The van der Waals surface area contributed by atoms with Crippen molar-refractivity contribution in [1.29, 1.82) is 0 Å². The first-order valence-corrected chi connectivity index (χ1v) is 16.5. The van der Waals surface area contributed by atoms with Crippen molar-refractivity contribution >= 4 is 11.0 Å². The number of phenolic OH excluding ortho intramolecular Hbond substituents is 4. The van der Waals surface area contributed by atoms with Gasteiger partial charge in [0.2, 0.25) is 17.5 Å². The van der Waals surface area contributed by atoms with Gasteiger partial charge < -0.3 is 99.2 Å². The molecule has 3 aliphatic rings. The summed E-state index contributed by atoms with van der Waals surface area (Å²) < 4.78 is 39.8. The average molecular weight is 773 g/mol. The number of hydrogen-bond acceptors (Lipinski definition) is 21. The van der Waals surface area contributed by atoms with Crippen LogP contribution in [-0.4, -0.2) is 172 Å². The minimum Gasteiger partial charge on any atom is -0.508 e. The Morgan fingerprint density at radius 3 is 2.00 bits per heavy atom. The molecule has 13 N–H and O–H groups in total. The highest BCUT2D eigenvalue weighted by Crippen LogP contribution is 2.40. The van der Waals surface area contributed by atoms with Crippen LogP contribution in [0.25, 0.3) is 22.3 Å². The van der Waals surface area contributed by atoms with E-state index in [2.05, 4.69) is 0 Å². The highest BCUT2D eigenvalue weighted by molar-refractivity contribution is 5.88. The van der Waals surface area contributed by atoms with Crippen LogP contribution in [0.15, 0.2) is 39.5 Å². The van der Waals surface area contributed by atoms with Crippen LogP contribution >= 0.6 is 0 Å². The smallest absolute Gasteiger partial charge is 0.239 e. The molecule has 0 radical (unpaired) electrons. The summed E-state index contributed by atoms with van der Waals surface area (Å²) in [5.74, 6) is -3.72. The van der Waals surface area contributed by atoms with Crippen molar-refractivity contribution in [2.75, 3.05) is 13.2 Å². The Balaban J connectivity index is 1.37. The second-order valence-corrected chi connectivity index (χ2v) is 13.1. The molecular weight excluding hydrogens is 732 g/mol. The van der Waals surface area contributed by atoms with Gasteiger partial charge in [-0.25, -0.2) is 0 Å². The van der Waals surface area contributed by atoms with Crippen molar-refractivity contribution in [3.63, 3.8) is 0 Å². The number of aliphatic hydroxyl groups excluding tert-OH is 9. The lowest BCUT2D eigenvalue weighted by atomic mass is 9.96. The lowest BCUT2D eigenvalue weighted by molar-refractivity contribution is -0.359. The zero-order valence-electron chi connectivity index (χ0n) is 28.0. The molecule has 0 saturated carbocycles. The van der Waals surface area contributed by atoms with Gasteiger partial charge in [-0.15, -0.1) is 0 Å². The Morgan fingerprint density at radius 1 is 0.667 bits per heavy atom. The van der Waals surface area contributed by atoms with E-state index < -0.39 is 151 Å². The predicted octanol–water partition coefficient (Wildman–Crippen LogP) is -3.86. The van der Waals surface area contributed by atoms with Crippen molar-refractivity contribution in [3.05, 3.63) is 40.6 Å². The second-order valence-electron chi connectivity index (χ2n) is 13.1. The first-order valence-electron chi connectivity index (χ1n) is 16.5. The maximum Gasteiger partial charge on any atom is 0.239 e. The van der Waals surface area contributed by atoms with Crippen molar-refractivity contribution < 1.29 is 99.2 Å². The van der Waals surface area contributed by atoms with Gasteiger partial charge in [-0.05, 0) is 25.1 Å². The quantitative estimate of drug-likeness (QED) is 0.0925. The van der Waals surface area contributed by atoms with Crippen LogP contribution in [0.3, 0.4) is 0 Å². The lowest BCUT2D eigenvalue weighted by Crippen LogP contribution is -2.65. The molecule has 4 heterocycles. The highest BCUT2D eigenvalue weighted by Gasteiger charge is 2.52. The predicted molar refractivity (Wildman–Crippen MR) is 173 cm³/mol. The number of ether oxygens (including phenoxy) is 6. The Morgan fingerprint density at radius 2 is 1.31 bits per heavy atom. The van der Waals surface area contributed by atoms with Gasteiger partial charge in [0, 0.05) is 17.7 Å². The van der Waals surface area contributed by atoms with Gasteiger partial charge in [0.15, 0.2) is 29.8 Å². The molecule has 3 saturated heterocycles. The van der Waals surface area contributed by atoms with E-state index in [-0.39, 0.29) is 11.1 Å². The fourth-order valence-corrected chi connectivity index (χ4v) is 6.33. The number of phenols is 4. The van der Waals surface area contributed by atoms with Crippen LogP contribution in [-0.2, 0) is 23.7 Å². The van der Waals surface area contributed by atoms with E-state index in [1.165, 1.54) is 13.0 Å². The van der Waals surface area contributed by atoms with Gasteiger partial charge in [0.25, 0.3) is 0 Å². The fourth-order valence-electron chi connectivity index (χ4n) is 6.33. The van der Waals surface area contributed by atoms with Gasteiger partial charge in [0.05, 0.1) is 19.3 Å². The molecule has 6 rings (SSSR count). The number of aromatic hydroxyl groups is 4. The SMILES string of the molecule is CC1O[C@@H](OCC2O[C@@H](Oc3c(-c4ccc(O)c(O)c4)oc4cc(O)cc(O)c4c3=O)C(O)C(O)[C@H]2O[C@@H]2OC(CO)[C@H](O)C(O)C2O)C(O)C(O)[C@H]1O. The Hall–Kier alpha value is -3.91. The monoisotopic (exact) mass is 772 g/mol. The fraction of sp³-hybridized carbons (Fsp3) is 0.545. The van der Waals surface area contributed by atoms with Gasteiger partial charge >= 0.3 is 0 Å². The molecule has 21 heteroatoms. The molecule has 3 aliphatic heterocycles. The molecule has 54 heavy (non-hydrogen) atoms. The van der Waals surface area contributed by atoms with Crippen molar-refractivity contribution in [1.82, 2.24) is 0 Å². The highest BCUT2D eigenvalue weighted by atomic mass is 16.8. The normalized spacial score (nSPS) is 37.3. The molecule has 3 aromatic rings. The maximum absolute atomic E-state index is 13.9. The van der Waals surface area contributed by atoms with Crippen molar-refractivity contribution in [2.45, 2.75) is 99.0 Å². The molecule has 21 nitrogen and oxygen atoms in total. The molecule has 298 valence electrons. The summed E-state index contributed by atoms with van der Waals surface area (Å²) in [4.78, 5) is 13.9. The topological polar surface area (TPSA) is 349 Å². The molecule has 1 aromatic heterocycles. The molecule has 0 spiro atoms. The summed E-state index contributed by atoms with van der Waals surface area (Å²) in [7, 11) is 0. The average Bonchev–Trinajstić information content (AvgIpc) is 3.13. The number of aliphatic hydroxyl groups is 9. The Kier molecular flexibility index (Phi) is 11.5. The summed E-state index contributed by atoms with van der Waals surface area (Å²) in [6.07, 6.45) is -26.5. The van der Waals surface area contributed by atoms with E-state index in [9.17, 15) is 71.2 Å². The van der Waals surface area contributed by atoms with Crippen LogP contribution in [0.1, 0.15) is 6.92 Å². The maximum atomic E-state index is 13.9. The third-order valence-corrected chi connectivity index (χ3v) is 9.40. The van der Waals surface area contributed by atoms with Gasteiger partial charge in [-0.1, -0.05) is 0 Å². The third kappa shape index (κ3) is 7.39. The Bertz CT molecular complexity index is 1850. The van der Waals surface area contributed by atoms with Crippen LogP contribution in [0.5, 0.6) is 28.7 Å². The summed E-state index contributed by atoms with van der Waals surface area (Å²) in [6.45, 7) is -0.219. The molecule has 2 aromatic carbocycles. The number of fused-ring (bicyclic) bond motifs is 1. The van der Waals surface area contributed by atoms with Crippen LogP contribution in [0.4, 0.5) is 0 Å². The lowest BCUT2D eigenvalue weighted by Gasteiger charge is -2.46. The minimum absolute atomic E-state index is 0.102. The van der Waals surface area contributed by atoms with E-state index in [1.807, 2.05) is 0 Å². The van der Waals surface area contributed by atoms with E-state index >= 15 is 0 Å². The second kappa shape index (κ2) is 15.7. The zero-order valence-corrected chi connectivity index (χ0v) is 28.0. The Labute approximate surface area is 303 Å². The summed E-state index contributed by atoms with van der Waals surface area (Å²) in [5.41, 5.74) is -1.56. The first kappa shape index (κ1) is 39.8. The standard InChI is InChI=1S/C33H40O21/c1-9-19(39)22(42)25(45)31(49-9)48-8-17-29(53-32-26(46)23(43)20(40)16(7-34)51-32)24(44)27(47)33(52-17)54-30-21(41)18-14(38)5-11(35)6-15(18)50-28(30)10-2-3-12(36)13(37)4-10/h2-6,9,16-17,19-20,22-27,29,31-40,42-47H,7-8H2,1H3/t9?,16?,17?,19-,20-,22?,23?,24?,25?,26?,27?,29-,31+,32-,33-/m0/s1. The van der Waals surface area contributed by atoms with Gasteiger partial charge in [-0.3, -0.25) is 4.79 Å². The minimum atomic E-state index is -2.16. The van der Waals surface area contributed by atoms with Crippen LogP contribution in [0, 0.1) is 0 Å². The molecule has 15 atom stereocenters. The molecular formula is C33H40O21. The van der Waals surface area contributed by atoms with E-state index in [0.717, 1.165) is 24.3 Å². The van der Waals surface area contributed by atoms with Gasteiger partial charge in [-0.2, -0.15) is 0 Å². The summed E-state index contributed by atoms with van der Waals surface area (Å²) in [6, 6.07) is 5.04. The number of benzene rings is 2. The molecule has 0 bridgehead atoms. The number of rotatable bonds is 9. The molecule has 3 fully saturated rings. The molecule has 0 amide bonds. The largest absolute Gasteiger partial charge is 0.508 e. The third-order valence-electron chi connectivity index (χ3n) is 9.40. The van der Waals surface area contributed by atoms with Crippen molar-refractivity contribution in [2.24, 2.45) is 0 Å². The van der Waals surface area contributed by atoms with Crippen LogP contribution in [0.2, 0.25) is 0 Å². The summed E-state index contributed by atoms with van der Waals surface area (Å²) in [5, 5.41) is 134. The first-order chi connectivity index (χ1) is 25.5. The van der Waals surface area contributed by atoms with E-state index in [0.29, 0.717) is 0 Å². The van der Waals surface area contributed by atoms with E-state index in [1.54, 1.807) is 0 Å².